The first-order valence-corrected chi connectivity index (χ1v) is 8.99. The van der Waals surface area contributed by atoms with Crippen LogP contribution in [0.3, 0.4) is 0 Å². The molecule has 3 atom stereocenters. The maximum atomic E-state index is 12.9. The van der Waals surface area contributed by atoms with E-state index in [4.69, 9.17) is 5.73 Å². The van der Waals surface area contributed by atoms with Crippen LogP contribution < -0.4 is 5.73 Å². The molecule has 1 aromatic rings. The van der Waals surface area contributed by atoms with Gasteiger partial charge in [-0.2, -0.15) is 0 Å². The summed E-state index contributed by atoms with van der Waals surface area (Å²) in [4.78, 5) is 17.4. The van der Waals surface area contributed by atoms with E-state index in [1.54, 1.807) is 0 Å². The van der Waals surface area contributed by atoms with Gasteiger partial charge in [0.25, 0.3) is 0 Å². The number of likely N-dealkylation sites (tertiary alicyclic amines) is 1. The van der Waals surface area contributed by atoms with Gasteiger partial charge >= 0.3 is 0 Å². The minimum atomic E-state index is -0.553. The molecule has 2 aliphatic rings. The minimum Gasteiger partial charge on any atom is -0.340 e. The van der Waals surface area contributed by atoms with Gasteiger partial charge in [-0.05, 0) is 44.3 Å². The van der Waals surface area contributed by atoms with Crippen molar-refractivity contribution in [3.05, 3.63) is 35.9 Å². The smallest absolute Gasteiger partial charge is 0.244 e. The van der Waals surface area contributed by atoms with Crippen LogP contribution in [0.2, 0.25) is 0 Å². The number of hydrogen-bond acceptors (Lipinski definition) is 3. The second-order valence-corrected chi connectivity index (χ2v) is 7.00. The number of hydrogen-bond donors (Lipinski definition) is 1. The first-order valence-electron chi connectivity index (χ1n) is 8.99. The van der Waals surface area contributed by atoms with E-state index < -0.39 is 6.04 Å². The lowest BCUT2D eigenvalue weighted by atomic mass is 9.88. The third-order valence-electron chi connectivity index (χ3n) is 5.57. The molecule has 2 fully saturated rings. The molecule has 23 heavy (non-hydrogen) atoms. The molecule has 0 unspecified atom stereocenters. The third-order valence-corrected chi connectivity index (χ3v) is 5.57. The Labute approximate surface area is 139 Å². The standard InChI is InChI=1S/C19H29N3O/c1-21(19(23)18(20)15-9-3-2-4-10-15)16-11-5-6-12-17(16)22-13-7-8-14-22/h2-4,9-10,16-18H,5-8,11-14,20H2,1H3/t16-,17-,18-/m1/s1. The van der Waals surface area contributed by atoms with Gasteiger partial charge in [0, 0.05) is 19.1 Å². The van der Waals surface area contributed by atoms with Crippen molar-refractivity contribution < 1.29 is 4.79 Å². The molecule has 1 saturated carbocycles. The maximum absolute atomic E-state index is 12.9. The fourth-order valence-electron chi connectivity index (χ4n) is 4.23. The number of amides is 1. The van der Waals surface area contributed by atoms with Gasteiger partial charge < -0.3 is 10.6 Å². The summed E-state index contributed by atoms with van der Waals surface area (Å²) >= 11 is 0. The predicted octanol–water partition coefficient (Wildman–Crippen LogP) is 2.55. The highest BCUT2D eigenvalue weighted by molar-refractivity contribution is 5.83. The zero-order valence-corrected chi connectivity index (χ0v) is 14.2. The lowest BCUT2D eigenvalue weighted by molar-refractivity contribution is -0.135. The zero-order chi connectivity index (χ0) is 16.2. The molecule has 2 N–H and O–H groups in total. The van der Waals surface area contributed by atoms with Crippen LogP contribution in [-0.2, 0) is 4.79 Å². The summed E-state index contributed by atoms with van der Waals surface area (Å²) in [6.45, 7) is 2.38. The van der Waals surface area contributed by atoms with Crippen molar-refractivity contribution in [2.45, 2.75) is 56.7 Å². The van der Waals surface area contributed by atoms with Gasteiger partial charge in [0.2, 0.25) is 5.91 Å². The molecule has 126 valence electrons. The average molecular weight is 315 g/mol. The Hall–Kier alpha value is -1.39. The minimum absolute atomic E-state index is 0.0484. The van der Waals surface area contributed by atoms with Crippen LogP contribution in [0.4, 0.5) is 0 Å². The molecule has 4 heteroatoms. The number of benzene rings is 1. The van der Waals surface area contributed by atoms with Crippen LogP contribution in [-0.4, -0.2) is 47.9 Å². The summed E-state index contributed by atoms with van der Waals surface area (Å²) in [6.07, 6.45) is 7.40. The van der Waals surface area contributed by atoms with Crippen molar-refractivity contribution >= 4 is 5.91 Å². The van der Waals surface area contributed by atoms with Crippen molar-refractivity contribution in [1.82, 2.24) is 9.80 Å². The second kappa shape index (κ2) is 7.45. The molecule has 4 nitrogen and oxygen atoms in total. The second-order valence-electron chi connectivity index (χ2n) is 7.00. The first kappa shape index (κ1) is 16.5. The summed E-state index contributed by atoms with van der Waals surface area (Å²) in [6, 6.07) is 9.99. The molecule has 1 aromatic carbocycles. The number of likely N-dealkylation sites (N-methyl/N-ethyl adjacent to an activating group) is 1. The monoisotopic (exact) mass is 315 g/mol. The Morgan fingerprint density at radius 3 is 2.48 bits per heavy atom. The lowest BCUT2D eigenvalue weighted by Crippen LogP contribution is -2.54. The van der Waals surface area contributed by atoms with Crippen molar-refractivity contribution in [3.63, 3.8) is 0 Å². The van der Waals surface area contributed by atoms with Gasteiger partial charge in [-0.1, -0.05) is 43.2 Å². The summed E-state index contributed by atoms with van der Waals surface area (Å²) in [7, 11) is 1.95. The van der Waals surface area contributed by atoms with Crippen LogP contribution in [0.5, 0.6) is 0 Å². The fourth-order valence-corrected chi connectivity index (χ4v) is 4.23. The van der Waals surface area contributed by atoms with E-state index in [1.165, 1.54) is 45.2 Å². The molecule has 1 heterocycles. The van der Waals surface area contributed by atoms with Crippen LogP contribution in [0, 0.1) is 0 Å². The average Bonchev–Trinajstić information content (AvgIpc) is 3.15. The largest absolute Gasteiger partial charge is 0.340 e. The predicted molar refractivity (Wildman–Crippen MR) is 93.0 cm³/mol. The highest BCUT2D eigenvalue weighted by Crippen LogP contribution is 2.30. The van der Waals surface area contributed by atoms with Crippen molar-refractivity contribution in [1.29, 1.82) is 0 Å². The molecule has 0 aromatic heterocycles. The molecule has 1 saturated heterocycles. The van der Waals surface area contributed by atoms with Gasteiger partial charge in [0.1, 0.15) is 6.04 Å². The molecule has 1 aliphatic carbocycles. The van der Waals surface area contributed by atoms with Crippen LogP contribution in [0.25, 0.3) is 0 Å². The molecular weight excluding hydrogens is 286 g/mol. The lowest BCUT2D eigenvalue weighted by Gasteiger charge is -2.43. The SMILES string of the molecule is CN(C(=O)[C@H](N)c1ccccc1)[C@@H]1CCCC[C@H]1N1CCCC1. The number of carbonyl (C=O) groups excluding carboxylic acids is 1. The highest BCUT2D eigenvalue weighted by atomic mass is 16.2. The molecular formula is C19H29N3O. The van der Waals surface area contributed by atoms with Gasteiger partial charge in [-0.15, -0.1) is 0 Å². The molecule has 0 bridgehead atoms. The molecule has 1 amide bonds. The fraction of sp³-hybridized carbons (Fsp3) is 0.632. The van der Waals surface area contributed by atoms with Crippen molar-refractivity contribution in [2.75, 3.05) is 20.1 Å². The quantitative estimate of drug-likeness (QED) is 0.929. The van der Waals surface area contributed by atoms with Crippen LogP contribution >= 0.6 is 0 Å². The summed E-state index contributed by atoms with van der Waals surface area (Å²) in [5.74, 6) is 0.0484. The summed E-state index contributed by atoms with van der Waals surface area (Å²) in [5, 5.41) is 0. The number of carbonyl (C=O) groups is 1. The van der Waals surface area contributed by atoms with E-state index in [-0.39, 0.29) is 5.91 Å². The summed E-state index contributed by atoms with van der Waals surface area (Å²) < 4.78 is 0. The maximum Gasteiger partial charge on any atom is 0.244 e. The normalized spacial score (nSPS) is 26.9. The van der Waals surface area contributed by atoms with E-state index >= 15 is 0 Å². The zero-order valence-electron chi connectivity index (χ0n) is 14.2. The Kier molecular flexibility index (Phi) is 5.34. The highest BCUT2D eigenvalue weighted by Gasteiger charge is 2.36. The van der Waals surface area contributed by atoms with E-state index in [2.05, 4.69) is 4.90 Å². The van der Waals surface area contributed by atoms with Gasteiger partial charge in [0.15, 0.2) is 0 Å². The summed E-state index contributed by atoms with van der Waals surface area (Å²) in [5.41, 5.74) is 7.14. The Bertz CT molecular complexity index is 513. The molecule has 1 aliphatic heterocycles. The van der Waals surface area contributed by atoms with E-state index in [9.17, 15) is 4.79 Å². The molecule has 3 rings (SSSR count). The van der Waals surface area contributed by atoms with Crippen molar-refractivity contribution in [2.24, 2.45) is 5.73 Å². The Balaban J connectivity index is 1.71. The Morgan fingerprint density at radius 2 is 1.78 bits per heavy atom. The Morgan fingerprint density at radius 1 is 1.13 bits per heavy atom. The third kappa shape index (κ3) is 3.59. The first-order chi connectivity index (χ1) is 11.2. The number of nitrogens with two attached hydrogens (primary N) is 1. The van der Waals surface area contributed by atoms with E-state index in [1.807, 2.05) is 42.3 Å². The van der Waals surface area contributed by atoms with E-state index in [0.29, 0.717) is 12.1 Å². The number of rotatable bonds is 4. The van der Waals surface area contributed by atoms with Gasteiger partial charge in [0.05, 0.1) is 0 Å². The van der Waals surface area contributed by atoms with Crippen molar-refractivity contribution in [3.8, 4) is 0 Å². The van der Waals surface area contributed by atoms with Gasteiger partial charge in [-0.3, -0.25) is 9.69 Å². The topological polar surface area (TPSA) is 49.6 Å². The molecule has 0 radical (unpaired) electrons. The number of nitrogens with zero attached hydrogens (tertiary/aromatic N) is 2. The van der Waals surface area contributed by atoms with Crippen LogP contribution in [0.1, 0.15) is 50.1 Å². The van der Waals surface area contributed by atoms with E-state index in [0.717, 1.165) is 12.0 Å². The van der Waals surface area contributed by atoms with Gasteiger partial charge in [-0.25, -0.2) is 0 Å². The van der Waals surface area contributed by atoms with Crippen LogP contribution in [0.15, 0.2) is 30.3 Å². The molecule has 0 spiro atoms.